The van der Waals surface area contributed by atoms with Gasteiger partial charge in [-0.05, 0) is 76.5 Å². The van der Waals surface area contributed by atoms with Gasteiger partial charge in [0.1, 0.15) is 0 Å². The molecular weight excluding hydrogens is 633 g/mol. The summed E-state index contributed by atoms with van der Waals surface area (Å²) < 4.78 is 4.63. The Bertz CT molecular complexity index is 3170. The highest BCUT2D eigenvalue weighted by Gasteiger charge is 2.19. The van der Waals surface area contributed by atoms with Crippen molar-refractivity contribution in [2.75, 3.05) is 0 Å². The highest BCUT2D eigenvalue weighted by Crippen LogP contribution is 2.39. The summed E-state index contributed by atoms with van der Waals surface area (Å²) in [6.45, 7) is 0. The first-order chi connectivity index (χ1) is 25.8. The number of aromatic nitrogens is 4. The van der Waals surface area contributed by atoms with E-state index in [1.54, 1.807) is 0 Å². The second kappa shape index (κ2) is 11.2. The summed E-state index contributed by atoms with van der Waals surface area (Å²) in [6, 6.07) is 65.0. The van der Waals surface area contributed by atoms with Crippen LogP contribution in [0.3, 0.4) is 0 Å². The van der Waals surface area contributed by atoms with Crippen molar-refractivity contribution in [3.8, 4) is 34.0 Å². The van der Waals surface area contributed by atoms with Crippen LogP contribution in [-0.4, -0.2) is 19.1 Å². The first-order valence-corrected chi connectivity index (χ1v) is 17.7. The Labute approximate surface area is 299 Å². The zero-order valence-electron chi connectivity index (χ0n) is 28.1. The minimum absolute atomic E-state index is 0.661. The van der Waals surface area contributed by atoms with Gasteiger partial charge >= 0.3 is 0 Å². The third-order valence-electron chi connectivity index (χ3n) is 10.5. The summed E-state index contributed by atoms with van der Waals surface area (Å²) in [5.41, 5.74) is 11.0. The number of hydrogen-bond donors (Lipinski definition) is 0. The van der Waals surface area contributed by atoms with E-state index in [2.05, 4.69) is 179 Å². The zero-order chi connectivity index (χ0) is 34.2. The highest BCUT2D eigenvalue weighted by atomic mass is 15.2. The molecule has 0 aliphatic heterocycles. The standard InChI is InChI=1S/C48H30N4/c1-3-13-31(14-4-1)47-39-20-9-11-21-42(39)49-48(50-47)52-44-26-24-34(28-40(44)41-27-32-15-7-8-16-33(32)29-46(41)52)35-23-25-38-37-19-10-12-22-43(37)51(45(38)30-35)36-17-5-2-6-18-36/h1-30H. The minimum Gasteiger partial charge on any atom is -0.309 e. The highest BCUT2D eigenvalue weighted by molar-refractivity contribution is 6.15. The third kappa shape index (κ3) is 4.34. The van der Waals surface area contributed by atoms with E-state index >= 15 is 0 Å². The lowest BCUT2D eigenvalue weighted by atomic mass is 10.0. The molecule has 0 amide bonds. The van der Waals surface area contributed by atoms with Crippen molar-refractivity contribution >= 4 is 65.3 Å². The van der Waals surface area contributed by atoms with Crippen LogP contribution >= 0.6 is 0 Å². The molecule has 0 N–H and O–H groups in total. The van der Waals surface area contributed by atoms with E-state index in [9.17, 15) is 0 Å². The summed E-state index contributed by atoms with van der Waals surface area (Å²) in [7, 11) is 0. The van der Waals surface area contributed by atoms with Gasteiger partial charge in [0.2, 0.25) is 5.95 Å². The second-order valence-corrected chi connectivity index (χ2v) is 13.5. The van der Waals surface area contributed by atoms with Crippen LogP contribution in [0.5, 0.6) is 0 Å². The first-order valence-electron chi connectivity index (χ1n) is 17.7. The lowest BCUT2D eigenvalue weighted by molar-refractivity contribution is 1.01. The van der Waals surface area contributed by atoms with E-state index < -0.39 is 0 Å². The van der Waals surface area contributed by atoms with E-state index in [0.717, 1.165) is 44.4 Å². The predicted molar refractivity (Wildman–Crippen MR) is 217 cm³/mol. The van der Waals surface area contributed by atoms with E-state index in [1.165, 1.54) is 48.9 Å². The first kappa shape index (κ1) is 28.8. The van der Waals surface area contributed by atoms with Crippen LogP contribution in [-0.2, 0) is 0 Å². The van der Waals surface area contributed by atoms with E-state index in [0.29, 0.717) is 5.95 Å². The van der Waals surface area contributed by atoms with Gasteiger partial charge in [-0.15, -0.1) is 0 Å². The Hall–Kier alpha value is -7.04. The fourth-order valence-electron chi connectivity index (χ4n) is 8.09. The predicted octanol–water partition coefficient (Wildman–Crippen LogP) is 12.3. The van der Waals surface area contributed by atoms with Crippen molar-refractivity contribution in [3.05, 3.63) is 182 Å². The minimum atomic E-state index is 0.661. The molecule has 0 fully saturated rings. The van der Waals surface area contributed by atoms with Gasteiger partial charge in [0.25, 0.3) is 0 Å². The number of fused-ring (bicyclic) bond motifs is 8. The molecule has 0 atom stereocenters. The molecule has 0 saturated carbocycles. The lowest BCUT2D eigenvalue weighted by Crippen LogP contribution is -2.03. The number of rotatable bonds is 4. The van der Waals surface area contributed by atoms with Gasteiger partial charge in [0.15, 0.2) is 0 Å². The largest absolute Gasteiger partial charge is 0.309 e. The van der Waals surface area contributed by atoms with Crippen molar-refractivity contribution in [2.45, 2.75) is 0 Å². The number of para-hydroxylation sites is 3. The molecule has 0 unspecified atom stereocenters. The maximum atomic E-state index is 5.32. The molecule has 4 nitrogen and oxygen atoms in total. The van der Waals surface area contributed by atoms with Gasteiger partial charge < -0.3 is 4.57 Å². The number of nitrogens with zero attached hydrogens (tertiary/aromatic N) is 4. The van der Waals surface area contributed by atoms with Gasteiger partial charge in [-0.2, -0.15) is 0 Å². The molecule has 8 aromatic carbocycles. The van der Waals surface area contributed by atoms with Crippen LogP contribution in [0.4, 0.5) is 0 Å². The van der Waals surface area contributed by atoms with Gasteiger partial charge in [-0.1, -0.05) is 127 Å². The zero-order valence-corrected chi connectivity index (χ0v) is 28.1. The summed E-state index contributed by atoms with van der Waals surface area (Å²) >= 11 is 0. The Morgan fingerprint density at radius 1 is 0.327 bits per heavy atom. The summed E-state index contributed by atoms with van der Waals surface area (Å²) in [4.78, 5) is 10.5. The van der Waals surface area contributed by atoms with Crippen molar-refractivity contribution in [2.24, 2.45) is 0 Å². The molecule has 52 heavy (non-hydrogen) atoms. The molecule has 242 valence electrons. The van der Waals surface area contributed by atoms with Crippen LogP contribution in [0.2, 0.25) is 0 Å². The van der Waals surface area contributed by atoms with Gasteiger partial charge in [0, 0.05) is 38.2 Å². The average molecular weight is 663 g/mol. The fraction of sp³-hybridized carbons (Fsp3) is 0. The average Bonchev–Trinajstić information content (AvgIpc) is 3.71. The lowest BCUT2D eigenvalue weighted by Gasteiger charge is -2.12. The van der Waals surface area contributed by atoms with Crippen LogP contribution in [0.15, 0.2) is 182 Å². The van der Waals surface area contributed by atoms with Crippen LogP contribution < -0.4 is 0 Å². The number of benzene rings is 8. The molecule has 0 aliphatic carbocycles. The molecule has 0 aliphatic rings. The van der Waals surface area contributed by atoms with Crippen LogP contribution in [0.1, 0.15) is 0 Å². The van der Waals surface area contributed by atoms with Crippen molar-refractivity contribution in [1.29, 1.82) is 0 Å². The molecule has 11 rings (SSSR count). The Balaban J connectivity index is 1.18. The second-order valence-electron chi connectivity index (χ2n) is 13.5. The van der Waals surface area contributed by atoms with E-state index in [4.69, 9.17) is 9.97 Å². The maximum Gasteiger partial charge on any atom is 0.235 e. The van der Waals surface area contributed by atoms with E-state index in [-0.39, 0.29) is 0 Å². The molecule has 0 bridgehead atoms. The molecular formula is C48H30N4. The Kier molecular flexibility index (Phi) is 6.22. The normalized spacial score (nSPS) is 11.8. The Morgan fingerprint density at radius 3 is 1.77 bits per heavy atom. The summed E-state index contributed by atoms with van der Waals surface area (Å²) in [5, 5.41) is 8.26. The Morgan fingerprint density at radius 2 is 0.923 bits per heavy atom. The molecule has 0 radical (unpaired) electrons. The van der Waals surface area contributed by atoms with Gasteiger partial charge in [-0.3, -0.25) is 4.57 Å². The van der Waals surface area contributed by atoms with Crippen LogP contribution in [0.25, 0.3) is 99.3 Å². The summed E-state index contributed by atoms with van der Waals surface area (Å²) in [5.74, 6) is 0.661. The molecule has 4 heteroatoms. The molecule has 3 aromatic heterocycles. The topological polar surface area (TPSA) is 35.6 Å². The van der Waals surface area contributed by atoms with Gasteiger partial charge in [-0.25, -0.2) is 9.97 Å². The molecule has 11 aromatic rings. The van der Waals surface area contributed by atoms with Crippen molar-refractivity contribution < 1.29 is 0 Å². The molecule has 0 spiro atoms. The molecule has 3 heterocycles. The van der Waals surface area contributed by atoms with Crippen molar-refractivity contribution in [1.82, 2.24) is 19.1 Å². The smallest absolute Gasteiger partial charge is 0.235 e. The quantitative estimate of drug-likeness (QED) is 0.188. The molecule has 0 saturated heterocycles. The summed E-state index contributed by atoms with van der Waals surface area (Å²) in [6.07, 6.45) is 0. The SMILES string of the molecule is c1ccc(-c2nc(-n3c4ccc(-c5ccc6c7ccccc7n(-c7ccccc7)c6c5)cc4c4cc5ccccc5cc43)nc3ccccc23)cc1. The monoisotopic (exact) mass is 662 g/mol. The van der Waals surface area contributed by atoms with Gasteiger partial charge in [0.05, 0.1) is 33.3 Å². The van der Waals surface area contributed by atoms with Crippen LogP contribution in [0, 0.1) is 0 Å². The van der Waals surface area contributed by atoms with E-state index in [1.807, 2.05) is 12.1 Å². The fourth-order valence-corrected chi connectivity index (χ4v) is 8.09. The maximum absolute atomic E-state index is 5.32. The number of hydrogen-bond acceptors (Lipinski definition) is 2. The van der Waals surface area contributed by atoms with Crippen molar-refractivity contribution in [3.63, 3.8) is 0 Å². The third-order valence-corrected chi connectivity index (χ3v) is 10.5.